The van der Waals surface area contributed by atoms with Crippen molar-refractivity contribution in [2.24, 2.45) is 0 Å². The van der Waals surface area contributed by atoms with Gasteiger partial charge in [-0.25, -0.2) is 8.42 Å². The van der Waals surface area contributed by atoms with Crippen molar-refractivity contribution in [1.29, 1.82) is 0 Å². The molecule has 0 aliphatic carbocycles. The molecular formula is C12H19N3O4S2. The molecule has 118 valence electrons. The second-order valence-corrected chi connectivity index (χ2v) is 7.74. The molecule has 1 aromatic rings. The standard InChI is InChI=1S/C12H19N3O4S2/c1-4-7(16)10-9(13)8(11(17)14-2)12(20-10)15-5-6-21(3,18)19/h15H,4-6,13H2,1-3H3,(H,14,17). The number of nitrogens with one attached hydrogen (secondary N) is 2. The fraction of sp³-hybridized carbons (Fsp3) is 0.500. The molecule has 0 unspecified atom stereocenters. The first kappa shape index (κ1) is 17.4. The van der Waals surface area contributed by atoms with Crippen LogP contribution in [-0.4, -0.2) is 45.7 Å². The average Bonchev–Trinajstić information content (AvgIpc) is 2.72. The van der Waals surface area contributed by atoms with Gasteiger partial charge in [0.25, 0.3) is 5.91 Å². The minimum absolute atomic E-state index is 0.0744. The fourth-order valence-corrected chi connectivity index (χ4v) is 3.26. The second kappa shape index (κ2) is 6.90. The number of nitrogens with two attached hydrogens (primary N) is 1. The Labute approximate surface area is 127 Å². The molecule has 0 saturated heterocycles. The number of carbonyl (C=O) groups excluding carboxylic acids is 2. The molecule has 0 bridgehead atoms. The van der Waals surface area contributed by atoms with Crippen LogP contribution in [0.15, 0.2) is 0 Å². The smallest absolute Gasteiger partial charge is 0.256 e. The van der Waals surface area contributed by atoms with Gasteiger partial charge in [0, 0.05) is 26.3 Å². The van der Waals surface area contributed by atoms with E-state index in [9.17, 15) is 18.0 Å². The van der Waals surface area contributed by atoms with E-state index < -0.39 is 15.7 Å². The maximum Gasteiger partial charge on any atom is 0.256 e. The van der Waals surface area contributed by atoms with Crippen molar-refractivity contribution < 1.29 is 18.0 Å². The third kappa shape index (κ3) is 4.43. The van der Waals surface area contributed by atoms with Crippen molar-refractivity contribution in [3.63, 3.8) is 0 Å². The fourth-order valence-electron chi connectivity index (χ4n) is 1.64. The summed E-state index contributed by atoms with van der Waals surface area (Å²) in [5, 5.41) is 5.74. The van der Waals surface area contributed by atoms with Crippen LogP contribution in [0.25, 0.3) is 0 Å². The van der Waals surface area contributed by atoms with E-state index >= 15 is 0 Å². The Bertz CT molecular complexity index is 650. The summed E-state index contributed by atoms with van der Waals surface area (Å²) in [6, 6.07) is 0. The molecule has 0 radical (unpaired) electrons. The van der Waals surface area contributed by atoms with Gasteiger partial charge in [-0.2, -0.15) is 0 Å². The summed E-state index contributed by atoms with van der Waals surface area (Å²) in [5.74, 6) is -0.644. The molecule has 1 rings (SSSR count). The zero-order chi connectivity index (χ0) is 16.2. The quantitative estimate of drug-likeness (QED) is 0.633. The molecule has 0 aliphatic heterocycles. The van der Waals surface area contributed by atoms with Crippen LogP contribution in [0.5, 0.6) is 0 Å². The van der Waals surface area contributed by atoms with E-state index in [1.165, 1.54) is 7.05 Å². The molecule has 1 heterocycles. The number of hydrogen-bond donors (Lipinski definition) is 3. The summed E-state index contributed by atoms with van der Waals surface area (Å²) >= 11 is 1.07. The highest BCUT2D eigenvalue weighted by Gasteiger charge is 2.24. The lowest BCUT2D eigenvalue weighted by molar-refractivity contribution is 0.0964. The summed E-state index contributed by atoms with van der Waals surface area (Å²) in [6.45, 7) is 1.85. The highest BCUT2D eigenvalue weighted by atomic mass is 32.2. The predicted octanol–water partition coefficient (Wildman–Crippen LogP) is 0.739. The largest absolute Gasteiger partial charge is 0.397 e. The van der Waals surface area contributed by atoms with Crippen LogP contribution >= 0.6 is 11.3 Å². The van der Waals surface area contributed by atoms with Crippen molar-refractivity contribution in [3.8, 4) is 0 Å². The molecule has 0 spiro atoms. The van der Waals surface area contributed by atoms with E-state index in [1.807, 2.05) is 0 Å². The number of ketones is 1. The molecule has 0 fully saturated rings. The molecule has 0 saturated carbocycles. The Morgan fingerprint density at radius 2 is 1.95 bits per heavy atom. The summed E-state index contributed by atoms with van der Waals surface area (Å²) in [4.78, 5) is 24.0. The lowest BCUT2D eigenvalue weighted by atomic mass is 10.1. The van der Waals surface area contributed by atoms with Gasteiger partial charge in [0.1, 0.15) is 14.8 Å². The van der Waals surface area contributed by atoms with Crippen LogP contribution in [0.1, 0.15) is 33.4 Å². The molecule has 7 nitrogen and oxygen atoms in total. The molecule has 1 amide bonds. The SMILES string of the molecule is CCC(=O)c1sc(NCCS(C)(=O)=O)c(C(=O)NC)c1N. The van der Waals surface area contributed by atoms with Crippen LogP contribution in [0.4, 0.5) is 10.7 Å². The van der Waals surface area contributed by atoms with Crippen LogP contribution < -0.4 is 16.4 Å². The lowest BCUT2D eigenvalue weighted by Crippen LogP contribution is -2.21. The van der Waals surface area contributed by atoms with Crippen molar-refractivity contribution in [1.82, 2.24) is 5.32 Å². The van der Waals surface area contributed by atoms with Gasteiger partial charge in [0.05, 0.1) is 21.9 Å². The Morgan fingerprint density at radius 1 is 1.33 bits per heavy atom. The maximum absolute atomic E-state index is 11.9. The van der Waals surface area contributed by atoms with Crippen molar-refractivity contribution in [3.05, 3.63) is 10.4 Å². The number of rotatable bonds is 7. The van der Waals surface area contributed by atoms with Gasteiger partial charge >= 0.3 is 0 Å². The highest BCUT2D eigenvalue weighted by Crippen LogP contribution is 2.36. The average molecular weight is 333 g/mol. The highest BCUT2D eigenvalue weighted by molar-refractivity contribution is 7.90. The first-order chi connectivity index (χ1) is 9.71. The van der Waals surface area contributed by atoms with Crippen LogP contribution in [-0.2, 0) is 9.84 Å². The summed E-state index contributed by atoms with van der Waals surface area (Å²) in [5.41, 5.74) is 6.21. The summed E-state index contributed by atoms with van der Waals surface area (Å²) in [7, 11) is -1.65. The van der Waals surface area contributed by atoms with Gasteiger partial charge in [-0.05, 0) is 0 Å². The summed E-state index contributed by atoms with van der Waals surface area (Å²) < 4.78 is 22.3. The van der Waals surface area contributed by atoms with Gasteiger partial charge < -0.3 is 16.4 Å². The third-order valence-corrected chi connectivity index (χ3v) is 4.88. The number of hydrogen-bond acceptors (Lipinski definition) is 7. The second-order valence-electron chi connectivity index (χ2n) is 4.46. The van der Waals surface area contributed by atoms with Gasteiger partial charge in [0.15, 0.2) is 5.78 Å². The molecule has 21 heavy (non-hydrogen) atoms. The predicted molar refractivity (Wildman–Crippen MR) is 84.9 cm³/mol. The molecule has 9 heteroatoms. The minimum Gasteiger partial charge on any atom is -0.397 e. The van der Waals surface area contributed by atoms with Crippen LogP contribution in [0.2, 0.25) is 0 Å². The topological polar surface area (TPSA) is 118 Å². The molecule has 0 atom stereocenters. The monoisotopic (exact) mass is 333 g/mol. The number of amides is 1. The van der Waals surface area contributed by atoms with E-state index in [2.05, 4.69) is 10.6 Å². The van der Waals surface area contributed by atoms with Gasteiger partial charge in [0.2, 0.25) is 0 Å². The normalized spacial score (nSPS) is 11.2. The molecule has 0 aromatic carbocycles. The number of sulfone groups is 1. The van der Waals surface area contributed by atoms with E-state index in [1.54, 1.807) is 6.92 Å². The van der Waals surface area contributed by atoms with E-state index in [0.717, 1.165) is 17.6 Å². The van der Waals surface area contributed by atoms with E-state index in [0.29, 0.717) is 9.88 Å². The van der Waals surface area contributed by atoms with Crippen LogP contribution in [0, 0.1) is 0 Å². The lowest BCUT2D eigenvalue weighted by Gasteiger charge is -2.06. The Hall–Kier alpha value is -1.61. The molecule has 1 aromatic heterocycles. The Kier molecular flexibility index (Phi) is 5.73. The third-order valence-electron chi connectivity index (χ3n) is 2.73. The van der Waals surface area contributed by atoms with Crippen molar-refractivity contribution in [2.75, 3.05) is 36.7 Å². The number of carbonyl (C=O) groups is 2. The van der Waals surface area contributed by atoms with Gasteiger partial charge in [-0.15, -0.1) is 11.3 Å². The summed E-state index contributed by atoms with van der Waals surface area (Å²) in [6.07, 6.45) is 1.41. The zero-order valence-corrected chi connectivity index (χ0v) is 13.8. The van der Waals surface area contributed by atoms with E-state index in [-0.39, 0.29) is 35.8 Å². The zero-order valence-electron chi connectivity index (χ0n) is 12.1. The van der Waals surface area contributed by atoms with Crippen molar-refractivity contribution in [2.45, 2.75) is 13.3 Å². The van der Waals surface area contributed by atoms with Crippen LogP contribution in [0.3, 0.4) is 0 Å². The number of Topliss-reactive ketones (excluding diaryl/α,β-unsaturated/α-hetero) is 1. The maximum atomic E-state index is 11.9. The number of nitrogen functional groups attached to an aromatic ring is 1. The minimum atomic E-state index is -3.11. The first-order valence-electron chi connectivity index (χ1n) is 6.30. The molecule has 0 aliphatic rings. The Morgan fingerprint density at radius 3 is 2.43 bits per heavy atom. The van der Waals surface area contributed by atoms with Gasteiger partial charge in [-0.1, -0.05) is 6.92 Å². The first-order valence-corrected chi connectivity index (χ1v) is 9.18. The van der Waals surface area contributed by atoms with E-state index in [4.69, 9.17) is 5.73 Å². The van der Waals surface area contributed by atoms with Crippen molar-refractivity contribution >= 4 is 43.6 Å². The molecular weight excluding hydrogens is 314 g/mol. The Balaban J connectivity index is 3.11. The van der Waals surface area contributed by atoms with Gasteiger partial charge in [-0.3, -0.25) is 9.59 Å². The molecule has 4 N–H and O–H groups in total. The number of thiophene rings is 1. The number of anilines is 2.